The van der Waals surface area contributed by atoms with Crippen LogP contribution in [0.4, 0.5) is 4.79 Å². The van der Waals surface area contributed by atoms with Gasteiger partial charge >= 0.3 is 18.0 Å². The van der Waals surface area contributed by atoms with Crippen LogP contribution in [0.2, 0.25) is 0 Å². The summed E-state index contributed by atoms with van der Waals surface area (Å²) < 4.78 is 10.5. The maximum Gasteiger partial charge on any atom is 0.338 e. The van der Waals surface area contributed by atoms with Gasteiger partial charge in [0.25, 0.3) is 0 Å². The van der Waals surface area contributed by atoms with Gasteiger partial charge in [-0.3, -0.25) is 9.69 Å². The van der Waals surface area contributed by atoms with Gasteiger partial charge in [-0.25, -0.2) is 9.59 Å². The Morgan fingerprint density at radius 2 is 1.84 bits per heavy atom. The fourth-order valence-corrected chi connectivity index (χ4v) is 4.08. The normalized spacial score (nSPS) is 21.8. The molecule has 3 rings (SSSR count). The molecule has 0 radical (unpaired) electrons. The highest BCUT2D eigenvalue weighted by atomic mass is 16.5. The number of likely N-dealkylation sites (tertiary alicyclic amines) is 1. The lowest BCUT2D eigenvalue weighted by Crippen LogP contribution is -2.50. The van der Waals surface area contributed by atoms with Crippen LogP contribution in [0.25, 0.3) is 0 Å². The number of hydrogen-bond donors (Lipinski definition) is 2. The maximum absolute atomic E-state index is 12.9. The first-order valence-corrected chi connectivity index (χ1v) is 10.9. The number of carbonyl (C=O) groups excluding carboxylic acids is 3. The van der Waals surface area contributed by atoms with Gasteiger partial charge in [-0.15, -0.1) is 0 Å². The van der Waals surface area contributed by atoms with E-state index in [4.69, 9.17) is 9.47 Å². The number of aryl methyl sites for hydroxylation is 1. The summed E-state index contributed by atoms with van der Waals surface area (Å²) in [5, 5.41) is 5.66. The van der Waals surface area contributed by atoms with E-state index in [9.17, 15) is 14.4 Å². The number of piperidine rings is 1. The monoisotopic (exact) mass is 429 g/mol. The summed E-state index contributed by atoms with van der Waals surface area (Å²) in [5.74, 6) is -0.862. The zero-order valence-electron chi connectivity index (χ0n) is 18.4. The molecule has 0 spiro atoms. The van der Waals surface area contributed by atoms with Crippen LogP contribution in [-0.4, -0.2) is 55.7 Å². The quantitative estimate of drug-likeness (QED) is 0.647. The minimum absolute atomic E-state index is 0.196. The van der Waals surface area contributed by atoms with Gasteiger partial charge in [-0.05, 0) is 45.7 Å². The average molecular weight is 430 g/mol. The standard InChI is InChI=1S/C23H31N3O5/c1-4-30-21(27)17-7-6-12-26(13-17)14-18-19(22(28)31-5-2)20(25-23(29)24-18)16-10-8-15(3)9-11-16/h8-11,17,20H,4-7,12-14H2,1-3H3,(H2,24,25,29). The second-order valence-electron chi connectivity index (χ2n) is 7.88. The SMILES string of the molecule is CCOC(=O)C1=C(CN2CCCC(C(=O)OCC)C2)NC(=O)NC1c1ccc(C)cc1. The molecule has 31 heavy (non-hydrogen) atoms. The van der Waals surface area contributed by atoms with Crippen molar-refractivity contribution in [1.82, 2.24) is 15.5 Å². The molecule has 2 amide bonds. The summed E-state index contributed by atoms with van der Waals surface area (Å²) in [6.45, 7) is 7.76. The van der Waals surface area contributed by atoms with E-state index < -0.39 is 12.0 Å². The fraction of sp³-hybridized carbons (Fsp3) is 0.522. The topological polar surface area (TPSA) is 97.0 Å². The Bertz CT molecular complexity index is 849. The number of nitrogens with one attached hydrogen (secondary N) is 2. The molecule has 168 valence electrons. The summed E-state index contributed by atoms with van der Waals surface area (Å²) in [7, 11) is 0. The van der Waals surface area contributed by atoms with Crippen molar-refractivity contribution in [3.63, 3.8) is 0 Å². The molecule has 0 aromatic heterocycles. The zero-order valence-corrected chi connectivity index (χ0v) is 18.4. The molecule has 8 heteroatoms. The first-order valence-electron chi connectivity index (χ1n) is 10.9. The van der Waals surface area contributed by atoms with E-state index in [0.717, 1.165) is 30.5 Å². The first kappa shape index (κ1) is 22.8. The molecule has 8 nitrogen and oxygen atoms in total. The summed E-state index contributed by atoms with van der Waals surface area (Å²) >= 11 is 0. The highest BCUT2D eigenvalue weighted by Crippen LogP contribution is 2.29. The van der Waals surface area contributed by atoms with Crippen molar-refractivity contribution in [1.29, 1.82) is 0 Å². The zero-order chi connectivity index (χ0) is 22.4. The molecule has 1 fully saturated rings. The molecule has 1 aromatic carbocycles. The van der Waals surface area contributed by atoms with Crippen molar-refractivity contribution in [3.8, 4) is 0 Å². The lowest BCUT2D eigenvalue weighted by atomic mass is 9.93. The van der Waals surface area contributed by atoms with Crippen LogP contribution >= 0.6 is 0 Å². The third-order valence-corrected chi connectivity index (χ3v) is 5.57. The van der Waals surface area contributed by atoms with Crippen molar-refractivity contribution < 1.29 is 23.9 Å². The van der Waals surface area contributed by atoms with Crippen molar-refractivity contribution >= 4 is 18.0 Å². The Kier molecular flexibility index (Phi) is 7.68. The van der Waals surface area contributed by atoms with Gasteiger partial charge in [0.1, 0.15) is 0 Å². The number of carbonyl (C=O) groups is 3. The number of esters is 2. The lowest BCUT2D eigenvalue weighted by Gasteiger charge is -2.35. The van der Waals surface area contributed by atoms with Gasteiger partial charge in [-0.1, -0.05) is 29.8 Å². The highest BCUT2D eigenvalue weighted by Gasteiger charge is 2.35. The van der Waals surface area contributed by atoms with Gasteiger partial charge in [0.15, 0.2) is 0 Å². The minimum atomic E-state index is -0.603. The molecule has 0 bridgehead atoms. The number of nitrogens with zero attached hydrogens (tertiary/aromatic N) is 1. The van der Waals surface area contributed by atoms with Gasteiger partial charge < -0.3 is 20.1 Å². The molecule has 0 saturated carbocycles. The molecule has 1 saturated heterocycles. The Morgan fingerprint density at radius 1 is 1.13 bits per heavy atom. The Balaban J connectivity index is 1.89. The smallest absolute Gasteiger partial charge is 0.338 e. The second kappa shape index (κ2) is 10.4. The van der Waals surface area contributed by atoms with Gasteiger partial charge in [-0.2, -0.15) is 0 Å². The predicted octanol–water partition coefficient (Wildman–Crippen LogP) is 2.44. The van der Waals surface area contributed by atoms with E-state index in [2.05, 4.69) is 15.5 Å². The largest absolute Gasteiger partial charge is 0.466 e. The lowest BCUT2D eigenvalue weighted by molar-refractivity contribution is -0.150. The molecule has 2 N–H and O–H groups in total. The Labute approximate surface area is 183 Å². The van der Waals surface area contributed by atoms with Crippen molar-refractivity contribution in [3.05, 3.63) is 46.7 Å². The molecule has 2 aliphatic rings. The number of hydrogen-bond acceptors (Lipinski definition) is 6. The van der Waals surface area contributed by atoms with E-state index in [-0.39, 0.29) is 24.5 Å². The summed E-state index contributed by atoms with van der Waals surface area (Å²) in [5.41, 5.74) is 2.80. The fourth-order valence-electron chi connectivity index (χ4n) is 4.08. The van der Waals surface area contributed by atoms with Gasteiger partial charge in [0, 0.05) is 18.8 Å². The van der Waals surface area contributed by atoms with Gasteiger partial charge in [0.2, 0.25) is 0 Å². The van der Waals surface area contributed by atoms with E-state index in [0.29, 0.717) is 31.0 Å². The summed E-state index contributed by atoms with van der Waals surface area (Å²) in [6.07, 6.45) is 1.62. The van der Waals surface area contributed by atoms with Crippen LogP contribution in [-0.2, 0) is 19.1 Å². The predicted molar refractivity (Wildman–Crippen MR) is 115 cm³/mol. The van der Waals surface area contributed by atoms with Crippen molar-refractivity contribution in [2.75, 3.05) is 32.8 Å². The Hall–Kier alpha value is -2.87. The van der Waals surface area contributed by atoms with E-state index >= 15 is 0 Å². The summed E-state index contributed by atoms with van der Waals surface area (Å²) in [4.78, 5) is 39.6. The van der Waals surface area contributed by atoms with Crippen LogP contribution in [0.3, 0.4) is 0 Å². The molecule has 2 atom stereocenters. The minimum Gasteiger partial charge on any atom is -0.466 e. The molecular weight excluding hydrogens is 398 g/mol. The van der Waals surface area contributed by atoms with Crippen LogP contribution in [0.1, 0.15) is 43.9 Å². The molecule has 0 aliphatic carbocycles. The molecule has 2 heterocycles. The second-order valence-corrected chi connectivity index (χ2v) is 7.88. The number of rotatable bonds is 7. The maximum atomic E-state index is 12.9. The number of amides is 2. The average Bonchev–Trinajstić information content (AvgIpc) is 2.74. The first-order chi connectivity index (χ1) is 14.9. The van der Waals surface area contributed by atoms with Crippen LogP contribution in [0.5, 0.6) is 0 Å². The van der Waals surface area contributed by atoms with Crippen LogP contribution in [0, 0.1) is 12.8 Å². The van der Waals surface area contributed by atoms with Gasteiger partial charge in [0.05, 0.1) is 30.7 Å². The number of urea groups is 1. The van der Waals surface area contributed by atoms with Crippen LogP contribution < -0.4 is 10.6 Å². The molecule has 1 aromatic rings. The van der Waals surface area contributed by atoms with E-state index in [1.807, 2.05) is 31.2 Å². The third kappa shape index (κ3) is 5.64. The van der Waals surface area contributed by atoms with Crippen molar-refractivity contribution in [2.24, 2.45) is 5.92 Å². The third-order valence-electron chi connectivity index (χ3n) is 5.57. The number of ether oxygens (including phenoxy) is 2. The molecule has 2 aliphatic heterocycles. The van der Waals surface area contributed by atoms with E-state index in [1.54, 1.807) is 13.8 Å². The van der Waals surface area contributed by atoms with Crippen molar-refractivity contribution in [2.45, 2.75) is 39.7 Å². The van der Waals surface area contributed by atoms with E-state index in [1.165, 1.54) is 0 Å². The Morgan fingerprint density at radius 3 is 2.52 bits per heavy atom. The number of benzene rings is 1. The molecular formula is C23H31N3O5. The summed E-state index contributed by atoms with van der Waals surface area (Å²) in [6, 6.07) is 6.73. The highest BCUT2D eigenvalue weighted by molar-refractivity contribution is 5.95. The van der Waals surface area contributed by atoms with Crippen LogP contribution in [0.15, 0.2) is 35.5 Å². The molecule has 2 unspecified atom stereocenters.